The molecule has 3 N–H and O–H groups in total. The standard InChI is InChI=1S/C24H21N3O8S/c28-22(25-31)21(14-15-26-23(29)19-8-4-5-9-20(19)24(26)30)27(32)36(33,34)18-12-10-17(11-13-18)35-16-6-2-1-3-7-16/h1-13,21,31-32H,14-15H2,(H,25,28)/t21-/m1/s1. The summed E-state index contributed by atoms with van der Waals surface area (Å²) in [5, 5.41) is 19.6. The van der Waals surface area contributed by atoms with Gasteiger partial charge in [0.25, 0.3) is 27.7 Å². The zero-order valence-corrected chi connectivity index (χ0v) is 19.5. The molecule has 1 heterocycles. The fourth-order valence-corrected chi connectivity index (χ4v) is 4.92. The summed E-state index contributed by atoms with van der Waals surface area (Å²) in [7, 11) is -4.64. The highest BCUT2D eigenvalue weighted by atomic mass is 32.2. The first kappa shape index (κ1) is 25.0. The number of nitrogens with one attached hydrogen (secondary N) is 1. The van der Waals surface area contributed by atoms with E-state index in [1.165, 1.54) is 41.9 Å². The van der Waals surface area contributed by atoms with Gasteiger partial charge in [-0.15, -0.1) is 0 Å². The van der Waals surface area contributed by atoms with E-state index in [1.807, 2.05) is 6.07 Å². The third-order valence-corrected chi connectivity index (χ3v) is 7.15. The highest BCUT2D eigenvalue weighted by molar-refractivity contribution is 7.89. The number of rotatable bonds is 9. The number of para-hydroxylation sites is 1. The average Bonchev–Trinajstić information content (AvgIpc) is 3.14. The van der Waals surface area contributed by atoms with Crippen LogP contribution in [0.15, 0.2) is 83.8 Å². The van der Waals surface area contributed by atoms with E-state index in [2.05, 4.69) is 0 Å². The van der Waals surface area contributed by atoms with E-state index in [9.17, 15) is 28.0 Å². The van der Waals surface area contributed by atoms with Crippen molar-refractivity contribution in [3.8, 4) is 11.5 Å². The molecule has 0 bridgehead atoms. The van der Waals surface area contributed by atoms with Crippen LogP contribution in [0.25, 0.3) is 0 Å². The van der Waals surface area contributed by atoms with Gasteiger partial charge in [0.15, 0.2) is 0 Å². The number of hydrogen-bond donors (Lipinski definition) is 3. The summed E-state index contributed by atoms with van der Waals surface area (Å²) in [5.74, 6) is -1.61. The summed E-state index contributed by atoms with van der Waals surface area (Å²) < 4.78 is 31.4. The van der Waals surface area contributed by atoms with Crippen LogP contribution in [0.5, 0.6) is 11.5 Å². The van der Waals surface area contributed by atoms with Crippen LogP contribution >= 0.6 is 0 Å². The zero-order chi connectivity index (χ0) is 25.9. The molecule has 36 heavy (non-hydrogen) atoms. The molecule has 1 aliphatic heterocycles. The predicted octanol–water partition coefficient (Wildman–Crippen LogP) is 2.42. The maximum atomic E-state index is 13.0. The molecule has 0 radical (unpaired) electrons. The van der Waals surface area contributed by atoms with Crippen molar-refractivity contribution in [2.45, 2.75) is 17.4 Å². The first-order valence-electron chi connectivity index (χ1n) is 10.7. The fourth-order valence-electron chi connectivity index (χ4n) is 3.69. The van der Waals surface area contributed by atoms with Gasteiger partial charge in [0, 0.05) is 6.54 Å². The lowest BCUT2D eigenvalue weighted by atomic mass is 10.1. The molecule has 0 saturated heterocycles. The Labute approximate surface area is 206 Å². The molecule has 0 unspecified atom stereocenters. The first-order valence-corrected chi connectivity index (χ1v) is 12.1. The highest BCUT2D eigenvalue weighted by Gasteiger charge is 2.39. The van der Waals surface area contributed by atoms with Crippen molar-refractivity contribution in [2.24, 2.45) is 0 Å². The van der Waals surface area contributed by atoms with Crippen LogP contribution < -0.4 is 10.2 Å². The van der Waals surface area contributed by atoms with Crippen LogP contribution in [0.4, 0.5) is 0 Å². The second-order valence-corrected chi connectivity index (χ2v) is 9.55. The number of hydrogen-bond acceptors (Lipinski definition) is 8. The molecule has 0 spiro atoms. The van der Waals surface area contributed by atoms with E-state index in [1.54, 1.807) is 36.4 Å². The smallest absolute Gasteiger partial charge is 0.265 e. The molecule has 3 aromatic carbocycles. The summed E-state index contributed by atoms with van der Waals surface area (Å²) in [6.07, 6.45) is -0.483. The van der Waals surface area contributed by atoms with E-state index >= 15 is 0 Å². The van der Waals surface area contributed by atoms with Crippen molar-refractivity contribution in [3.63, 3.8) is 0 Å². The Kier molecular flexibility index (Phi) is 7.12. The molecular formula is C24H21N3O8S. The minimum Gasteiger partial charge on any atom is -0.457 e. The van der Waals surface area contributed by atoms with Crippen LogP contribution in [-0.2, 0) is 14.8 Å². The van der Waals surface area contributed by atoms with Gasteiger partial charge < -0.3 is 4.74 Å². The van der Waals surface area contributed by atoms with Gasteiger partial charge in [-0.1, -0.05) is 34.8 Å². The van der Waals surface area contributed by atoms with E-state index in [4.69, 9.17) is 9.94 Å². The molecule has 1 aliphatic rings. The molecule has 12 heteroatoms. The van der Waals surface area contributed by atoms with Crippen molar-refractivity contribution in [3.05, 3.63) is 90.0 Å². The molecule has 186 valence electrons. The highest BCUT2D eigenvalue weighted by Crippen LogP contribution is 2.26. The predicted molar refractivity (Wildman–Crippen MR) is 124 cm³/mol. The Balaban J connectivity index is 1.50. The van der Waals surface area contributed by atoms with Crippen LogP contribution in [0.3, 0.4) is 0 Å². The topological polar surface area (TPSA) is 154 Å². The SMILES string of the molecule is O=C(NO)[C@@H](CCN1C(=O)c2ccccc2C1=O)N(O)S(=O)(=O)c1ccc(Oc2ccccc2)cc1. The number of nitrogens with zero attached hydrogens (tertiary/aromatic N) is 2. The lowest BCUT2D eigenvalue weighted by Gasteiger charge is -2.25. The molecular weight excluding hydrogens is 490 g/mol. The molecule has 3 amide bonds. The Hall–Kier alpha value is -4.10. The number of hydroxylamine groups is 2. The lowest BCUT2D eigenvalue weighted by Crippen LogP contribution is -2.49. The van der Waals surface area contributed by atoms with Crippen LogP contribution in [0.1, 0.15) is 27.1 Å². The Morgan fingerprint density at radius 2 is 1.42 bits per heavy atom. The third kappa shape index (κ3) is 4.83. The van der Waals surface area contributed by atoms with Gasteiger partial charge in [0.2, 0.25) is 0 Å². The summed E-state index contributed by atoms with van der Waals surface area (Å²) in [6, 6.07) is 18.2. The summed E-state index contributed by atoms with van der Waals surface area (Å²) in [6.45, 7) is -0.388. The van der Waals surface area contributed by atoms with Crippen molar-refractivity contribution in [1.29, 1.82) is 0 Å². The first-order chi connectivity index (χ1) is 17.2. The number of imide groups is 1. The summed E-state index contributed by atoms with van der Waals surface area (Å²) in [5.41, 5.74) is 1.66. The lowest BCUT2D eigenvalue weighted by molar-refractivity contribution is -0.143. The largest absolute Gasteiger partial charge is 0.457 e. The number of ether oxygens (including phenoxy) is 1. The molecule has 1 atom stereocenters. The second-order valence-electron chi connectivity index (χ2n) is 7.75. The van der Waals surface area contributed by atoms with E-state index in [0.29, 0.717) is 11.5 Å². The van der Waals surface area contributed by atoms with Gasteiger partial charge in [-0.05, 0) is 55.0 Å². The van der Waals surface area contributed by atoms with E-state index in [0.717, 1.165) is 4.90 Å². The normalized spacial score (nSPS) is 14.0. The van der Waals surface area contributed by atoms with Crippen molar-refractivity contribution >= 4 is 27.7 Å². The number of carbonyl (C=O) groups excluding carboxylic acids is 3. The maximum absolute atomic E-state index is 13.0. The van der Waals surface area contributed by atoms with Crippen LogP contribution in [0, 0.1) is 0 Å². The number of fused-ring (bicyclic) bond motifs is 1. The van der Waals surface area contributed by atoms with Gasteiger partial charge in [0.1, 0.15) is 17.5 Å². The Morgan fingerprint density at radius 1 is 0.889 bits per heavy atom. The van der Waals surface area contributed by atoms with Crippen molar-refractivity contribution in [1.82, 2.24) is 14.8 Å². The number of benzene rings is 3. The van der Waals surface area contributed by atoms with Crippen LogP contribution in [-0.4, -0.2) is 58.5 Å². The fraction of sp³-hybridized carbons (Fsp3) is 0.125. The summed E-state index contributed by atoms with van der Waals surface area (Å²) in [4.78, 5) is 37.8. The minimum absolute atomic E-state index is 0.178. The van der Waals surface area contributed by atoms with Gasteiger partial charge >= 0.3 is 0 Å². The van der Waals surface area contributed by atoms with Crippen molar-refractivity contribution in [2.75, 3.05) is 6.54 Å². The molecule has 0 aliphatic carbocycles. The Bertz CT molecular complexity index is 1360. The molecule has 3 aromatic rings. The molecule has 0 aromatic heterocycles. The monoisotopic (exact) mass is 511 g/mol. The molecule has 11 nitrogen and oxygen atoms in total. The number of sulfonamides is 1. The third-order valence-electron chi connectivity index (χ3n) is 5.53. The maximum Gasteiger partial charge on any atom is 0.265 e. The molecule has 0 fully saturated rings. The van der Waals surface area contributed by atoms with E-state index in [-0.39, 0.29) is 27.0 Å². The van der Waals surface area contributed by atoms with Crippen molar-refractivity contribution < 1.29 is 38.0 Å². The quantitative estimate of drug-likeness (QED) is 0.225. The number of carbonyl (C=O) groups is 3. The van der Waals surface area contributed by atoms with Gasteiger partial charge in [-0.2, -0.15) is 0 Å². The van der Waals surface area contributed by atoms with Gasteiger partial charge in [0.05, 0.1) is 16.0 Å². The van der Waals surface area contributed by atoms with Gasteiger partial charge in [-0.25, -0.2) is 13.9 Å². The van der Waals surface area contributed by atoms with Crippen LogP contribution in [0.2, 0.25) is 0 Å². The van der Waals surface area contributed by atoms with E-state index < -0.39 is 40.2 Å². The number of amides is 3. The molecule has 0 saturated carbocycles. The Morgan fingerprint density at radius 3 is 1.97 bits per heavy atom. The molecule has 4 rings (SSSR count). The van der Waals surface area contributed by atoms with Gasteiger partial charge in [-0.3, -0.25) is 29.7 Å². The summed E-state index contributed by atoms with van der Waals surface area (Å²) >= 11 is 0. The average molecular weight is 512 g/mol. The minimum atomic E-state index is -4.64. The second kappa shape index (κ2) is 10.3. The zero-order valence-electron chi connectivity index (χ0n) is 18.6.